The second kappa shape index (κ2) is 5.65. The molecule has 114 valence electrons. The summed E-state index contributed by atoms with van der Waals surface area (Å²) in [6.45, 7) is 4.28. The Morgan fingerprint density at radius 1 is 1.33 bits per heavy atom. The van der Waals surface area contributed by atoms with Crippen molar-refractivity contribution < 1.29 is 4.79 Å². The molecule has 1 aromatic rings. The summed E-state index contributed by atoms with van der Waals surface area (Å²) in [7, 11) is 0. The summed E-state index contributed by atoms with van der Waals surface area (Å²) in [4.78, 5) is 13.3. The number of carbonyl (C=O) groups is 1. The third-order valence-electron chi connectivity index (χ3n) is 4.62. The first-order valence-corrected chi connectivity index (χ1v) is 8.68. The van der Waals surface area contributed by atoms with Crippen molar-refractivity contribution in [3.05, 3.63) is 29.3 Å². The maximum atomic E-state index is 11.9. The lowest BCUT2D eigenvalue weighted by atomic mass is 9.96. The molecule has 1 aromatic carbocycles. The van der Waals surface area contributed by atoms with Crippen LogP contribution in [0.4, 0.5) is 0 Å². The van der Waals surface area contributed by atoms with Crippen LogP contribution in [0.3, 0.4) is 0 Å². The Labute approximate surface area is 131 Å². The fourth-order valence-electron chi connectivity index (χ4n) is 3.26. The van der Waals surface area contributed by atoms with Gasteiger partial charge in [0.2, 0.25) is 5.91 Å². The van der Waals surface area contributed by atoms with E-state index < -0.39 is 5.54 Å². The zero-order chi connectivity index (χ0) is 15.0. The minimum atomic E-state index is -0.461. The van der Waals surface area contributed by atoms with Crippen LogP contribution in [0.15, 0.2) is 23.1 Å². The molecule has 21 heavy (non-hydrogen) atoms. The molecule has 0 radical (unpaired) electrons. The lowest BCUT2D eigenvalue weighted by Gasteiger charge is -2.27. The quantitative estimate of drug-likeness (QED) is 0.879. The van der Waals surface area contributed by atoms with Gasteiger partial charge in [-0.2, -0.15) is 0 Å². The van der Waals surface area contributed by atoms with E-state index >= 15 is 0 Å². The van der Waals surface area contributed by atoms with Crippen molar-refractivity contribution in [3.63, 3.8) is 0 Å². The molecule has 3 N–H and O–H groups in total. The third kappa shape index (κ3) is 3.27. The van der Waals surface area contributed by atoms with E-state index in [9.17, 15) is 4.79 Å². The number of hydrogen-bond acceptors (Lipinski definition) is 3. The molecule has 2 aliphatic rings. The monoisotopic (exact) mass is 304 g/mol. The standard InChI is InChI=1S/C17H24N2OS/c1-11-3-6-15(12(2)9-11)21-14-7-8-17(10-14,16(18)20)19-13-4-5-13/h3,6,9,13-14,19H,4-5,7-8,10H2,1-2H3,(H2,18,20). The largest absolute Gasteiger partial charge is 0.368 e. The topological polar surface area (TPSA) is 55.1 Å². The van der Waals surface area contributed by atoms with Crippen LogP contribution in [0.5, 0.6) is 0 Å². The van der Waals surface area contributed by atoms with E-state index in [1.165, 1.54) is 28.9 Å². The normalized spacial score (nSPS) is 28.8. The highest BCUT2D eigenvalue weighted by Crippen LogP contribution is 2.42. The maximum absolute atomic E-state index is 11.9. The Morgan fingerprint density at radius 3 is 2.71 bits per heavy atom. The van der Waals surface area contributed by atoms with Crippen molar-refractivity contribution in [2.24, 2.45) is 5.73 Å². The number of hydrogen-bond donors (Lipinski definition) is 2. The predicted octanol–water partition coefficient (Wildman–Crippen LogP) is 2.92. The van der Waals surface area contributed by atoms with Crippen LogP contribution < -0.4 is 11.1 Å². The molecule has 0 aliphatic heterocycles. The van der Waals surface area contributed by atoms with Crippen LogP contribution in [-0.4, -0.2) is 22.7 Å². The Balaban J connectivity index is 1.69. The molecule has 0 spiro atoms. The van der Waals surface area contributed by atoms with Gasteiger partial charge in [-0.25, -0.2) is 0 Å². The van der Waals surface area contributed by atoms with Gasteiger partial charge in [-0.15, -0.1) is 11.8 Å². The second-order valence-corrected chi connectivity index (χ2v) is 7.96. The molecule has 0 heterocycles. The Hall–Kier alpha value is -1.00. The molecular formula is C17H24N2OS. The third-order valence-corrected chi connectivity index (χ3v) is 6.07. The lowest BCUT2D eigenvalue weighted by Crippen LogP contribution is -2.54. The first-order valence-electron chi connectivity index (χ1n) is 7.80. The predicted molar refractivity (Wildman–Crippen MR) is 87.5 cm³/mol. The Bertz CT molecular complexity index is 556. The minimum Gasteiger partial charge on any atom is -0.368 e. The van der Waals surface area contributed by atoms with Gasteiger partial charge in [-0.3, -0.25) is 4.79 Å². The van der Waals surface area contributed by atoms with Crippen molar-refractivity contribution >= 4 is 17.7 Å². The minimum absolute atomic E-state index is 0.168. The van der Waals surface area contributed by atoms with Gasteiger partial charge in [0.1, 0.15) is 0 Å². The van der Waals surface area contributed by atoms with Crippen LogP contribution >= 0.6 is 11.8 Å². The molecular weight excluding hydrogens is 280 g/mol. The van der Waals surface area contributed by atoms with Crippen molar-refractivity contribution in [2.75, 3.05) is 0 Å². The SMILES string of the molecule is Cc1ccc(SC2CCC(NC3CC3)(C(N)=O)C2)c(C)c1. The summed E-state index contributed by atoms with van der Waals surface area (Å²) >= 11 is 1.91. The average Bonchev–Trinajstić information content (AvgIpc) is 3.12. The summed E-state index contributed by atoms with van der Waals surface area (Å²) in [5, 5.41) is 3.99. The van der Waals surface area contributed by atoms with Gasteiger partial charge >= 0.3 is 0 Å². The molecule has 0 saturated heterocycles. The molecule has 2 aliphatic carbocycles. The molecule has 1 amide bonds. The van der Waals surface area contributed by atoms with Crippen LogP contribution in [0.25, 0.3) is 0 Å². The number of nitrogens with one attached hydrogen (secondary N) is 1. The Morgan fingerprint density at radius 2 is 2.10 bits per heavy atom. The van der Waals surface area contributed by atoms with Crippen LogP contribution in [0.2, 0.25) is 0 Å². The Kier molecular flexibility index (Phi) is 4.02. The molecule has 2 unspecified atom stereocenters. The first-order chi connectivity index (χ1) is 9.98. The van der Waals surface area contributed by atoms with Gasteiger partial charge in [-0.1, -0.05) is 17.7 Å². The van der Waals surface area contributed by atoms with Gasteiger partial charge < -0.3 is 11.1 Å². The molecule has 3 rings (SSSR count). The van der Waals surface area contributed by atoms with Crippen molar-refractivity contribution in [1.82, 2.24) is 5.32 Å². The molecule has 2 atom stereocenters. The smallest absolute Gasteiger partial charge is 0.237 e. The number of benzene rings is 1. The first kappa shape index (κ1) is 14.9. The van der Waals surface area contributed by atoms with E-state index in [0.29, 0.717) is 11.3 Å². The number of nitrogens with two attached hydrogens (primary N) is 1. The highest BCUT2D eigenvalue weighted by molar-refractivity contribution is 8.00. The van der Waals surface area contributed by atoms with Gasteiger partial charge in [-0.05, 0) is 57.6 Å². The summed E-state index contributed by atoms with van der Waals surface area (Å²) in [6.07, 6.45) is 5.16. The molecule has 0 bridgehead atoms. The fraction of sp³-hybridized carbons (Fsp3) is 0.588. The van der Waals surface area contributed by atoms with Gasteiger partial charge in [0, 0.05) is 16.2 Å². The average molecular weight is 304 g/mol. The van der Waals surface area contributed by atoms with Gasteiger partial charge in [0.15, 0.2) is 0 Å². The summed E-state index contributed by atoms with van der Waals surface area (Å²) < 4.78 is 0. The molecule has 3 nitrogen and oxygen atoms in total. The van der Waals surface area contributed by atoms with E-state index in [1.807, 2.05) is 11.8 Å². The highest BCUT2D eigenvalue weighted by Gasteiger charge is 2.46. The van der Waals surface area contributed by atoms with E-state index in [2.05, 4.69) is 37.4 Å². The molecule has 2 fully saturated rings. The van der Waals surface area contributed by atoms with Crippen LogP contribution in [-0.2, 0) is 4.79 Å². The van der Waals surface area contributed by atoms with Crippen LogP contribution in [0.1, 0.15) is 43.2 Å². The highest BCUT2D eigenvalue weighted by atomic mass is 32.2. The van der Waals surface area contributed by atoms with Crippen molar-refractivity contribution in [3.8, 4) is 0 Å². The van der Waals surface area contributed by atoms with E-state index in [0.717, 1.165) is 19.3 Å². The molecule has 4 heteroatoms. The van der Waals surface area contributed by atoms with Gasteiger partial charge in [0.05, 0.1) is 5.54 Å². The number of amides is 1. The number of rotatable bonds is 5. The fourth-order valence-corrected chi connectivity index (χ4v) is 4.61. The summed E-state index contributed by atoms with van der Waals surface area (Å²) in [6, 6.07) is 7.10. The number of aryl methyl sites for hydroxylation is 2. The number of carbonyl (C=O) groups excluding carboxylic acids is 1. The van der Waals surface area contributed by atoms with E-state index in [1.54, 1.807) is 0 Å². The molecule has 0 aromatic heterocycles. The lowest BCUT2D eigenvalue weighted by molar-refractivity contribution is -0.124. The molecule has 2 saturated carbocycles. The number of primary amides is 1. The van der Waals surface area contributed by atoms with Crippen molar-refractivity contribution in [1.29, 1.82) is 0 Å². The zero-order valence-corrected chi connectivity index (χ0v) is 13.6. The van der Waals surface area contributed by atoms with Crippen molar-refractivity contribution in [2.45, 2.75) is 67.7 Å². The van der Waals surface area contributed by atoms with Crippen LogP contribution in [0, 0.1) is 13.8 Å². The van der Waals surface area contributed by atoms with Gasteiger partial charge in [0.25, 0.3) is 0 Å². The van der Waals surface area contributed by atoms with E-state index in [-0.39, 0.29) is 5.91 Å². The van der Waals surface area contributed by atoms with E-state index in [4.69, 9.17) is 5.73 Å². The number of thioether (sulfide) groups is 1. The second-order valence-electron chi connectivity index (χ2n) is 6.62. The summed E-state index contributed by atoms with van der Waals surface area (Å²) in [5.41, 5.74) is 7.86. The zero-order valence-electron chi connectivity index (χ0n) is 12.8. The maximum Gasteiger partial charge on any atom is 0.237 e. The summed E-state index contributed by atoms with van der Waals surface area (Å²) in [5.74, 6) is -0.168.